The topological polar surface area (TPSA) is 69.6 Å². The van der Waals surface area contributed by atoms with Crippen LogP contribution in [-0.4, -0.2) is 54.7 Å². The van der Waals surface area contributed by atoms with E-state index in [1.807, 2.05) is 11.9 Å². The Morgan fingerprint density at radius 1 is 1.32 bits per heavy atom. The first-order valence-corrected chi connectivity index (χ1v) is 5.87. The number of carboxylic acid groups (broad SMARTS) is 1. The third kappa shape index (κ3) is 8.41. The van der Waals surface area contributed by atoms with Crippen LogP contribution >= 0.6 is 0 Å². The Bertz CT molecular complexity index is 302. The number of aliphatic carboxylic acids is 1. The van der Waals surface area contributed by atoms with Gasteiger partial charge in [-0.05, 0) is 31.8 Å². The fourth-order valence-corrected chi connectivity index (χ4v) is 1.58. The molecule has 1 aliphatic rings. The SMILES string of the molecule is CC(=O)N(C)CC1CCNCC1.O=C(O)C(F)(F)F. The number of halogens is 3. The molecule has 0 bridgehead atoms. The van der Waals surface area contributed by atoms with Crippen molar-refractivity contribution in [1.82, 2.24) is 10.2 Å². The number of carbonyl (C=O) groups is 2. The summed E-state index contributed by atoms with van der Waals surface area (Å²) in [6, 6.07) is 0. The molecule has 0 atom stereocenters. The molecule has 1 fully saturated rings. The van der Waals surface area contributed by atoms with Gasteiger partial charge in [-0.25, -0.2) is 4.79 Å². The molecule has 1 heterocycles. The van der Waals surface area contributed by atoms with Crippen LogP contribution in [-0.2, 0) is 9.59 Å². The minimum Gasteiger partial charge on any atom is -0.475 e. The summed E-state index contributed by atoms with van der Waals surface area (Å²) in [4.78, 5) is 21.6. The Morgan fingerprint density at radius 2 is 1.74 bits per heavy atom. The summed E-state index contributed by atoms with van der Waals surface area (Å²) in [5.74, 6) is -1.87. The highest BCUT2D eigenvalue weighted by Crippen LogP contribution is 2.13. The molecule has 8 heteroatoms. The maximum Gasteiger partial charge on any atom is 0.490 e. The van der Waals surface area contributed by atoms with E-state index in [0.29, 0.717) is 5.92 Å². The van der Waals surface area contributed by atoms with Crippen molar-refractivity contribution in [3.8, 4) is 0 Å². The number of rotatable bonds is 2. The van der Waals surface area contributed by atoms with E-state index in [9.17, 15) is 18.0 Å². The predicted octanol–water partition coefficient (Wildman–Crippen LogP) is 1.10. The summed E-state index contributed by atoms with van der Waals surface area (Å²) in [5, 5.41) is 10.4. The van der Waals surface area contributed by atoms with E-state index in [-0.39, 0.29) is 5.91 Å². The van der Waals surface area contributed by atoms with Crippen LogP contribution in [0, 0.1) is 5.92 Å². The van der Waals surface area contributed by atoms with Crippen molar-refractivity contribution in [1.29, 1.82) is 0 Å². The van der Waals surface area contributed by atoms with Crippen molar-refractivity contribution in [2.45, 2.75) is 25.9 Å². The maximum atomic E-state index is 10.9. The molecule has 0 unspecified atom stereocenters. The number of alkyl halides is 3. The normalized spacial score (nSPS) is 16.3. The summed E-state index contributed by atoms with van der Waals surface area (Å²) < 4.78 is 31.7. The number of nitrogens with one attached hydrogen (secondary N) is 1. The van der Waals surface area contributed by atoms with Gasteiger partial charge in [-0.15, -0.1) is 0 Å². The Balaban J connectivity index is 0.000000399. The monoisotopic (exact) mass is 284 g/mol. The number of carboxylic acids is 1. The fraction of sp³-hybridized carbons (Fsp3) is 0.818. The van der Waals surface area contributed by atoms with Crippen LogP contribution in [0.1, 0.15) is 19.8 Å². The highest BCUT2D eigenvalue weighted by Gasteiger charge is 2.38. The number of amides is 1. The van der Waals surface area contributed by atoms with Gasteiger partial charge in [-0.3, -0.25) is 4.79 Å². The summed E-state index contributed by atoms with van der Waals surface area (Å²) in [5.41, 5.74) is 0. The van der Waals surface area contributed by atoms with Crippen LogP contribution in [0.2, 0.25) is 0 Å². The summed E-state index contributed by atoms with van der Waals surface area (Å²) in [6.45, 7) is 4.77. The molecule has 2 N–H and O–H groups in total. The molecule has 1 rings (SSSR count). The number of hydrogen-bond donors (Lipinski definition) is 2. The molecule has 5 nitrogen and oxygen atoms in total. The first-order chi connectivity index (χ1) is 8.64. The van der Waals surface area contributed by atoms with E-state index in [0.717, 1.165) is 19.6 Å². The van der Waals surface area contributed by atoms with Crippen LogP contribution in [0.15, 0.2) is 0 Å². The van der Waals surface area contributed by atoms with Gasteiger partial charge in [-0.1, -0.05) is 0 Å². The lowest BCUT2D eigenvalue weighted by atomic mass is 9.98. The Hall–Kier alpha value is -1.31. The quantitative estimate of drug-likeness (QED) is 0.796. The van der Waals surface area contributed by atoms with Crippen LogP contribution in [0.5, 0.6) is 0 Å². The van der Waals surface area contributed by atoms with Crippen molar-refractivity contribution in [2.75, 3.05) is 26.7 Å². The standard InChI is InChI=1S/C9H18N2O.C2HF3O2/c1-8(12)11(2)7-9-3-5-10-6-4-9;3-2(4,5)1(6)7/h9-10H,3-7H2,1-2H3;(H,6,7). The third-order valence-electron chi connectivity index (χ3n) is 2.77. The predicted molar refractivity (Wildman–Crippen MR) is 62.6 cm³/mol. The molecule has 1 saturated heterocycles. The van der Waals surface area contributed by atoms with Crippen LogP contribution < -0.4 is 5.32 Å². The average molecular weight is 284 g/mol. The van der Waals surface area contributed by atoms with Gasteiger partial charge in [0, 0.05) is 20.5 Å². The molecular formula is C11H19F3N2O3. The van der Waals surface area contributed by atoms with E-state index in [2.05, 4.69) is 5.32 Å². The molecular weight excluding hydrogens is 265 g/mol. The Labute approximate surface area is 109 Å². The van der Waals surface area contributed by atoms with Gasteiger partial charge in [-0.2, -0.15) is 13.2 Å². The smallest absolute Gasteiger partial charge is 0.475 e. The van der Waals surface area contributed by atoms with Crippen molar-refractivity contribution in [2.24, 2.45) is 5.92 Å². The number of piperidine rings is 1. The van der Waals surface area contributed by atoms with E-state index in [4.69, 9.17) is 9.90 Å². The molecule has 19 heavy (non-hydrogen) atoms. The zero-order chi connectivity index (χ0) is 15.1. The lowest BCUT2D eigenvalue weighted by molar-refractivity contribution is -0.192. The molecule has 0 spiro atoms. The molecule has 0 aromatic rings. The third-order valence-corrected chi connectivity index (χ3v) is 2.77. The minimum absolute atomic E-state index is 0.175. The first kappa shape index (κ1) is 17.7. The molecule has 0 aromatic heterocycles. The molecule has 0 aromatic carbocycles. The molecule has 0 aliphatic carbocycles. The van der Waals surface area contributed by atoms with Gasteiger partial charge in [0.1, 0.15) is 0 Å². The van der Waals surface area contributed by atoms with Gasteiger partial charge in [0.2, 0.25) is 5.91 Å². The number of hydrogen-bond acceptors (Lipinski definition) is 3. The second-order valence-electron chi connectivity index (χ2n) is 4.40. The van der Waals surface area contributed by atoms with E-state index in [1.54, 1.807) is 6.92 Å². The van der Waals surface area contributed by atoms with E-state index < -0.39 is 12.1 Å². The second kappa shape index (κ2) is 7.98. The first-order valence-electron chi connectivity index (χ1n) is 5.87. The van der Waals surface area contributed by atoms with E-state index in [1.165, 1.54) is 12.8 Å². The van der Waals surface area contributed by atoms with Crippen LogP contribution in [0.4, 0.5) is 13.2 Å². The number of nitrogens with zero attached hydrogens (tertiary/aromatic N) is 1. The summed E-state index contributed by atoms with van der Waals surface area (Å²) in [6.07, 6.45) is -2.67. The van der Waals surface area contributed by atoms with Crippen LogP contribution in [0.25, 0.3) is 0 Å². The zero-order valence-corrected chi connectivity index (χ0v) is 11.0. The Kier molecular flexibility index (Phi) is 7.43. The molecule has 112 valence electrons. The van der Waals surface area contributed by atoms with Crippen molar-refractivity contribution in [3.63, 3.8) is 0 Å². The molecule has 1 amide bonds. The lowest BCUT2D eigenvalue weighted by Crippen LogP contribution is -2.36. The van der Waals surface area contributed by atoms with Crippen molar-refractivity contribution in [3.05, 3.63) is 0 Å². The van der Waals surface area contributed by atoms with Gasteiger partial charge in [0.25, 0.3) is 0 Å². The highest BCUT2D eigenvalue weighted by atomic mass is 19.4. The molecule has 1 aliphatic heterocycles. The summed E-state index contributed by atoms with van der Waals surface area (Å²) in [7, 11) is 1.88. The van der Waals surface area contributed by atoms with Crippen molar-refractivity contribution < 1.29 is 27.9 Å². The van der Waals surface area contributed by atoms with Gasteiger partial charge < -0.3 is 15.3 Å². The summed E-state index contributed by atoms with van der Waals surface area (Å²) >= 11 is 0. The van der Waals surface area contributed by atoms with Gasteiger partial charge in [0.15, 0.2) is 0 Å². The minimum atomic E-state index is -5.08. The van der Waals surface area contributed by atoms with Crippen LogP contribution in [0.3, 0.4) is 0 Å². The molecule has 0 saturated carbocycles. The number of carbonyl (C=O) groups excluding carboxylic acids is 1. The zero-order valence-electron chi connectivity index (χ0n) is 11.0. The largest absolute Gasteiger partial charge is 0.490 e. The highest BCUT2D eigenvalue weighted by molar-refractivity contribution is 5.73. The maximum absolute atomic E-state index is 10.9. The van der Waals surface area contributed by atoms with E-state index >= 15 is 0 Å². The Morgan fingerprint density at radius 3 is 2.05 bits per heavy atom. The van der Waals surface area contributed by atoms with Crippen molar-refractivity contribution >= 4 is 11.9 Å². The van der Waals surface area contributed by atoms with Gasteiger partial charge >= 0.3 is 12.1 Å². The average Bonchev–Trinajstić information content (AvgIpc) is 2.29. The molecule has 0 radical (unpaired) electrons. The fourth-order valence-electron chi connectivity index (χ4n) is 1.58. The lowest BCUT2D eigenvalue weighted by Gasteiger charge is -2.26. The second-order valence-corrected chi connectivity index (χ2v) is 4.40. The van der Waals surface area contributed by atoms with Gasteiger partial charge in [0.05, 0.1) is 0 Å².